The van der Waals surface area contributed by atoms with Crippen molar-refractivity contribution in [3.05, 3.63) is 35.9 Å². The minimum atomic E-state index is -1.66. The molecule has 4 atom stereocenters. The van der Waals surface area contributed by atoms with E-state index < -0.39 is 41.1 Å². The normalized spacial score (nSPS) is 27.3. The highest BCUT2D eigenvalue weighted by atomic mass is 16.5. The zero-order chi connectivity index (χ0) is 20.0. The van der Waals surface area contributed by atoms with E-state index in [0.717, 1.165) is 0 Å². The number of hydrogen-bond acceptors (Lipinski definition) is 6. The molecule has 144 valence electrons. The van der Waals surface area contributed by atoms with E-state index in [9.17, 15) is 19.5 Å². The van der Waals surface area contributed by atoms with Crippen LogP contribution in [0.4, 0.5) is 0 Å². The van der Waals surface area contributed by atoms with Gasteiger partial charge in [-0.2, -0.15) is 0 Å². The first kappa shape index (κ1) is 20.7. The molecule has 0 radical (unpaired) electrons. The predicted octanol–water partition coefficient (Wildman–Crippen LogP) is 1.74. The second kappa shape index (κ2) is 8.83. The molecular weight excluding hydrogens is 348 g/mol. The van der Waals surface area contributed by atoms with Gasteiger partial charge in [0.05, 0.1) is 24.7 Å². The third-order valence-corrected chi connectivity index (χ3v) is 4.51. The number of ether oxygens (including phenoxy) is 2. The summed E-state index contributed by atoms with van der Waals surface area (Å²) < 4.78 is 10.1. The average molecular weight is 372 g/mol. The molecule has 27 heavy (non-hydrogen) atoms. The number of carbonyl (C=O) groups is 3. The van der Waals surface area contributed by atoms with Crippen molar-refractivity contribution in [1.82, 2.24) is 0 Å². The van der Waals surface area contributed by atoms with Gasteiger partial charge < -0.3 is 14.6 Å². The highest BCUT2D eigenvalue weighted by molar-refractivity contribution is 6.02. The van der Waals surface area contributed by atoms with Crippen LogP contribution in [0, 0.1) is 29.6 Å². The molecule has 1 aliphatic carbocycles. The molecule has 0 unspecified atom stereocenters. The summed E-state index contributed by atoms with van der Waals surface area (Å²) in [5.74, 6) is 0.434. The van der Waals surface area contributed by atoms with Crippen LogP contribution < -0.4 is 0 Å². The number of carbonyl (C=O) groups excluding carboxylic acids is 3. The van der Waals surface area contributed by atoms with Crippen LogP contribution in [0.5, 0.6) is 0 Å². The molecule has 6 nitrogen and oxygen atoms in total. The van der Waals surface area contributed by atoms with Crippen LogP contribution in [-0.2, 0) is 23.9 Å². The van der Waals surface area contributed by atoms with E-state index in [2.05, 4.69) is 11.8 Å². The molecule has 0 bridgehead atoms. The third-order valence-electron chi connectivity index (χ3n) is 4.51. The summed E-state index contributed by atoms with van der Waals surface area (Å²) in [6.45, 7) is 4.89. The molecule has 1 saturated carbocycles. The topological polar surface area (TPSA) is 89.9 Å². The van der Waals surface area contributed by atoms with Crippen molar-refractivity contribution in [2.45, 2.75) is 32.8 Å². The lowest BCUT2D eigenvalue weighted by Gasteiger charge is -2.41. The summed E-state index contributed by atoms with van der Waals surface area (Å²) in [6, 6.07) is 8.99. The fourth-order valence-corrected chi connectivity index (χ4v) is 3.35. The molecule has 0 heterocycles. The first-order valence-corrected chi connectivity index (χ1v) is 8.96. The molecule has 0 saturated heterocycles. The van der Waals surface area contributed by atoms with Crippen molar-refractivity contribution >= 4 is 17.7 Å². The first-order valence-electron chi connectivity index (χ1n) is 8.96. The number of esters is 2. The quantitative estimate of drug-likeness (QED) is 0.492. The Morgan fingerprint density at radius 3 is 2.33 bits per heavy atom. The van der Waals surface area contributed by atoms with Gasteiger partial charge in [-0.1, -0.05) is 30.0 Å². The largest absolute Gasteiger partial charge is 0.466 e. The molecule has 1 aromatic carbocycles. The lowest BCUT2D eigenvalue weighted by molar-refractivity contribution is -0.174. The number of benzene rings is 1. The highest BCUT2D eigenvalue weighted by Gasteiger charge is 2.56. The summed E-state index contributed by atoms with van der Waals surface area (Å²) in [4.78, 5) is 37.6. The molecule has 1 aromatic rings. The maximum absolute atomic E-state index is 12.6. The monoisotopic (exact) mass is 372 g/mol. The lowest BCUT2D eigenvalue weighted by Crippen LogP contribution is -2.56. The molecule has 2 rings (SSSR count). The molecule has 0 aliphatic heterocycles. The molecule has 1 fully saturated rings. The van der Waals surface area contributed by atoms with Crippen molar-refractivity contribution in [2.24, 2.45) is 17.8 Å². The number of aliphatic hydroxyl groups is 1. The number of hydrogen-bond donors (Lipinski definition) is 1. The Balaban J connectivity index is 2.52. The zero-order valence-corrected chi connectivity index (χ0v) is 15.7. The second-order valence-corrected chi connectivity index (χ2v) is 6.62. The van der Waals surface area contributed by atoms with Crippen LogP contribution in [0.3, 0.4) is 0 Å². The minimum absolute atomic E-state index is 0.0991. The minimum Gasteiger partial charge on any atom is -0.466 e. The van der Waals surface area contributed by atoms with Crippen LogP contribution in [0.1, 0.15) is 32.8 Å². The van der Waals surface area contributed by atoms with Crippen molar-refractivity contribution in [2.75, 3.05) is 13.2 Å². The molecule has 0 aromatic heterocycles. The lowest BCUT2D eigenvalue weighted by atomic mass is 9.64. The van der Waals surface area contributed by atoms with Gasteiger partial charge in [-0.3, -0.25) is 14.4 Å². The van der Waals surface area contributed by atoms with E-state index >= 15 is 0 Å². The van der Waals surface area contributed by atoms with E-state index in [1.165, 1.54) is 6.92 Å². The van der Waals surface area contributed by atoms with E-state index in [0.29, 0.717) is 5.56 Å². The highest BCUT2D eigenvalue weighted by Crippen LogP contribution is 2.41. The van der Waals surface area contributed by atoms with Gasteiger partial charge in [-0.25, -0.2) is 0 Å². The van der Waals surface area contributed by atoms with Gasteiger partial charge in [0.1, 0.15) is 11.8 Å². The SMILES string of the molecule is CCOC(=O)[C@@H]1C(=O)C[C@](C)(O)[C@H](C(=O)OCC)[C@H]1C#Cc1ccccc1. The fraction of sp³-hybridized carbons (Fsp3) is 0.476. The van der Waals surface area contributed by atoms with Crippen LogP contribution in [0.15, 0.2) is 30.3 Å². The van der Waals surface area contributed by atoms with Crippen LogP contribution >= 0.6 is 0 Å². The van der Waals surface area contributed by atoms with E-state index in [1.54, 1.807) is 38.1 Å². The fourth-order valence-electron chi connectivity index (χ4n) is 3.35. The van der Waals surface area contributed by atoms with Gasteiger partial charge in [0, 0.05) is 12.0 Å². The molecule has 0 amide bonds. The summed E-state index contributed by atoms with van der Waals surface area (Å²) in [5.41, 5.74) is -0.997. The van der Waals surface area contributed by atoms with Gasteiger partial charge in [-0.05, 0) is 32.9 Å². The van der Waals surface area contributed by atoms with Crippen LogP contribution in [-0.4, -0.2) is 41.6 Å². The Labute approximate surface area is 158 Å². The Morgan fingerprint density at radius 2 is 1.74 bits per heavy atom. The third kappa shape index (κ3) is 4.75. The predicted molar refractivity (Wildman–Crippen MR) is 97.3 cm³/mol. The summed E-state index contributed by atoms with van der Waals surface area (Å²) in [6.07, 6.45) is -0.344. The Hall–Kier alpha value is -2.65. The van der Waals surface area contributed by atoms with Gasteiger partial charge in [-0.15, -0.1) is 0 Å². The zero-order valence-electron chi connectivity index (χ0n) is 15.7. The van der Waals surface area contributed by atoms with Crippen molar-refractivity contribution < 1.29 is 29.0 Å². The summed E-state index contributed by atoms with van der Waals surface area (Å²) in [5, 5.41) is 10.8. The summed E-state index contributed by atoms with van der Waals surface area (Å²) in [7, 11) is 0. The van der Waals surface area contributed by atoms with E-state index in [1.807, 2.05) is 6.07 Å². The Morgan fingerprint density at radius 1 is 1.15 bits per heavy atom. The Bertz CT molecular complexity index is 756. The standard InChI is InChI=1S/C21H24O6/c1-4-26-19(23)17-15(12-11-14-9-7-6-8-10-14)18(20(24)27-5-2)21(3,25)13-16(17)22/h6-10,15,17-18,25H,4-5,13H2,1-3H3/t15-,17-,18-,21-/m0/s1. The van der Waals surface area contributed by atoms with Gasteiger partial charge >= 0.3 is 11.9 Å². The second-order valence-electron chi connectivity index (χ2n) is 6.62. The van der Waals surface area contributed by atoms with E-state index in [-0.39, 0.29) is 19.6 Å². The number of rotatable bonds is 4. The number of ketones is 1. The average Bonchev–Trinajstić information content (AvgIpc) is 2.59. The van der Waals surface area contributed by atoms with Crippen LogP contribution in [0.2, 0.25) is 0 Å². The molecule has 1 aliphatic rings. The maximum atomic E-state index is 12.6. The molecule has 6 heteroatoms. The van der Waals surface area contributed by atoms with Gasteiger partial charge in [0.25, 0.3) is 0 Å². The summed E-state index contributed by atoms with van der Waals surface area (Å²) >= 11 is 0. The van der Waals surface area contributed by atoms with E-state index in [4.69, 9.17) is 9.47 Å². The van der Waals surface area contributed by atoms with Crippen molar-refractivity contribution in [3.63, 3.8) is 0 Å². The van der Waals surface area contributed by atoms with Gasteiger partial charge in [0.2, 0.25) is 0 Å². The Kier molecular flexibility index (Phi) is 6.75. The maximum Gasteiger partial charge on any atom is 0.317 e. The first-order chi connectivity index (χ1) is 12.8. The smallest absolute Gasteiger partial charge is 0.317 e. The molecular formula is C21H24O6. The number of Topliss-reactive ketones (excluding diaryl/α,β-unsaturated/α-hetero) is 1. The van der Waals surface area contributed by atoms with Gasteiger partial charge in [0.15, 0.2) is 5.78 Å². The molecule has 1 N–H and O–H groups in total. The van der Waals surface area contributed by atoms with Crippen molar-refractivity contribution in [3.8, 4) is 11.8 Å². The van der Waals surface area contributed by atoms with Crippen molar-refractivity contribution in [1.29, 1.82) is 0 Å². The van der Waals surface area contributed by atoms with Crippen LogP contribution in [0.25, 0.3) is 0 Å². The molecule has 0 spiro atoms.